The number of aliphatic hydroxyl groups is 1. The zero-order valence-electron chi connectivity index (χ0n) is 11.7. The number of hydrogen-bond donors (Lipinski definition) is 2. The molecule has 0 bridgehead atoms. The Hall–Kier alpha value is -1.36. The molecule has 18 heavy (non-hydrogen) atoms. The first-order chi connectivity index (χ1) is 8.45. The van der Waals surface area contributed by atoms with Crippen LogP contribution in [0.25, 0.3) is 0 Å². The molecule has 0 fully saturated rings. The molecule has 0 radical (unpaired) electrons. The number of hydrogen-bond acceptors (Lipinski definition) is 3. The van der Waals surface area contributed by atoms with Gasteiger partial charge in [-0.25, -0.2) is 0 Å². The van der Waals surface area contributed by atoms with Gasteiger partial charge >= 0.3 is 0 Å². The molecule has 1 amide bonds. The first-order valence-corrected chi connectivity index (χ1v) is 6.35. The number of rotatable bonds is 6. The van der Waals surface area contributed by atoms with Gasteiger partial charge in [0.15, 0.2) is 0 Å². The first kappa shape index (κ1) is 14.7. The van der Waals surface area contributed by atoms with Gasteiger partial charge in [0.25, 0.3) is 0 Å². The molecule has 5 heteroatoms. The Morgan fingerprint density at radius 1 is 1.50 bits per heavy atom. The summed E-state index contributed by atoms with van der Waals surface area (Å²) < 4.78 is 1.80. The van der Waals surface area contributed by atoms with Crippen LogP contribution < -0.4 is 5.32 Å². The molecule has 0 aromatic carbocycles. The van der Waals surface area contributed by atoms with Crippen LogP contribution in [-0.4, -0.2) is 33.4 Å². The van der Waals surface area contributed by atoms with E-state index in [0.29, 0.717) is 12.8 Å². The van der Waals surface area contributed by atoms with Crippen molar-refractivity contribution in [2.75, 3.05) is 6.61 Å². The minimum atomic E-state index is 0.0136. The van der Waals surface area contributed by atoms with Crippen LogP contribution in [0, 0.1) is 13.8 Å². The largest absolute Gasteiger partial charge is 0.396 e. The van der Waals surface area contributed by atoms with E-state index in [2.05, 4.69) is 10.4 Å². The summed E-state index contributed by atoms with van der Waals surface area (Å²) in [5, 5.41) is 16.0. The lowest BCUT2D eigenvalue weighted by atomic mass is 10.1. The van der Waals surface area contributed by atoms with Crippen molar-refractivity contribution in [3.63, 3.8) is 0 Å². The van der Waals surface area contributed by atoms with Gasteiger partial charge in [-0.2, -0.15) is 5.10 Å². The van der Waals surface area contributed by atoms with E-state index in [1.165, 1.54) is 0 Å². The number of nitrogens with one attached hydrogen (secondary N) is 1. The highest BCUT2D eigenvalue weighted by Gasteiger charge is 2.14. The average Bonchev–Trinajstić information content (AvgIpc) is 2.53. The Morgan fingerprint density at radius 2 is 2.17 bits per heavy atom. The molecule has 0 spiro atoms. The normalized spacial score (nSPS) is 12.5. The van der Waals surface area contributed by atoms with E-state index in [4.69, 9.17) is 5.11 Å². The second-order valence-electron chi connectivity index (χ2n) is 4.78. The molecular weight excluding hydrogens is 230 g/mol. The lowest BCUT2D eigenvalue weighted by Crippen LogP contribution is -2.34. The van der Waals surface area contributed by atoms with Crippen molar-refractivity contribution in [1.29, 1.82) is 0 Å². The molecule has 0 saturated heterocycles. The standard InChI is InChI=1S/C13H23N3O2/c1-9(6-5-7-17)14-13(18)8-12-10(2)15-16(4)11(12)3/h9,17H,5-8H2,1-4H3,(H,14,18). The zero-order chi connectivity index (χ0) is 13.7. The third-order valence-corrected chi connectivity index (χ3v) is 3.20. The predicted molar refractivity (Wildman–Crippen MR) is 70.3 cm³/mol. The summed E-state index contributed by atoms with van der Waals surface area (Å²) in [6, 6.07) is 0.0990. The van der Waals surface area contributed by atoms with Gasteiger partial charge < -0.3 is 10.4 Å². The summed E-state index contributed by atoms with van der Waals surface area (Å²) in [5.74, 6) is 0.0136. The second-order valence-corrected chi connectivity index (χ2v) is 4.78. The van der Waals surface area contributed by atoms with Crippen LogP contribution in [0.3, 0.4) is 0 Å². The van der Waals surface area contributed by atoms with Crippen molar-refractivity contribution in [1.82, 2.24) is 15.1 Å². The number of nitrogens with zero attached hydrogens (tertiary/aromatic N) is 2. The predicted octanol–water partition coefficient (Wildman–Crippen LogP) is 0.857. The van der Waals surface area contributed by atoms with Crippen molar-refractivity contribution in [3.05, 3.63) is 17.0 Å². The molecule has 0 aliphatic rings. The van der Waals surface area contributed by atoms with Crippen LogP contribution in [-0.2, 0) is 18.3 Å². The number of carbonyl (C=O) groups is 1. The molecule has 1 rings (SSSR count). The summed E-state index contributed by atoms with van der Waals surface area (Å²) in [4.78, 5) is 11.9. The summed E-state index contributed by atoms with van der Waals surface area (Å²) in [7, 11) is 1.88. The van der Waals surface area contributed by atoms with E-state index in [-0.39, 0.29) is 18.6 Å². The number of amides is 1. The van der Waals surface area contributed by atoms with Gasteiger partial charge in [0.2, 0.25) is 5.91 Å². The van der Waals surface area contributed by atoms with Crippen LogP contribution in [0.1, 0.15) is 36.7 Å². The van der Waals surface area contributed by atoms with E-state index in [9.17, 15) is 4.79 Å². The molecular formula is C13H23N3O2. The molecule has 1 atom stereocenters. The summed E-state index contributed by atoms with van der Waals surface area (Å²) in [6.07, 6.45) is 1.88. The molecule has 0 aliphatic carbocycles. The minimum absolute atomic E-state index is 0.0136. The van der Waals surface area contributed by atoms with Crippen molar-refractivity contribution in [2.45, 2.75) is 46.1 Å². The van der Waals surface area contributed by atoms with E-state index < -0.39 is 0 Å². The molecule has 5 nitrogen and oxygen atoms in total. The monoisotopic (exact) mass is 253 g/mol. The second kappa shape index (κ2) is 6.54. The van der Waals surface area contributed by atoms with Crippen LogP contribution in [0.5, 0.6) is 0 Å². The number of aryl methyl sites for hydroxylation is 2. The van der Waals surface area contributed by atoms with Crippen molar-refractivity contribution in [3.8, 4) is 0 Å². The summed E-state index contributed by atoms with van der Waals surface area (Å²) in [6.45, 7) is 6.01. The third kappa shape index (κ3) is 3.84. The van der Waals surface area contributed by atoms with Crippen LogP contribution in [0.15, 0.2) is 0 Å². The van der Waals surface area contributed by atoms with Gasteiger partial charge in [-0.1, -0.05) is 0 Å². The number of aliphatic hydroxyl groups excluding tert-OH is 1. The zero-order valence-corrected chi connectivity index (χ0v) is 11.7. The van der Waals surface area contributed by atoms with E-state index in [1.807, 2.05) is 27.8 Å². The van der Waals surface area contributed by atoms with Crippen molar-refractivity contribution < 1.29 is 9.90 Å². The smallest absolute Gasteiger partial charge is 0.224 e. The molecule has 0 aliphatic heterocycles. The van der Waals surface area contributed by atoms with Crippen molar-refractivity contribution in [2.24, 2.45) is 7.05 Å². The van der Waals surface area contributed by atoms with E-state index in [0.717, 1.165) is 23.4 Å². The Morgan fingerprint density at radius 3 is 2.67 bits per heavy atom. The van der Waals surface area contributed by atoms with Gasteiger partial charge in [-0.15, -0.1) is 0 Å². The Bertz CT molecular complexity index is 413. The molecule has 1 heterocycles. The fourth-order valence-electron chi connectivity index (χ4n) is 2.03. The molecule has 1 aromatic rings. The maximum atomic E-state index is 11.9. The quantitative estimate of drug-likeness (QED) is 0.790. The Kier molecular flexibility index (Phi) is 5.34. The van der Waals surface area contributed by atoms with E-state index >= 15 is 0 Å². The maximum absolute atomic E-state index is 11.9. The Labute approximate surface area is 108 Å². The molecule has 2 N–H and O–H groups in total. The van der Waals surface area contributed by atoms with Gasteiger partial charge in [-0.05, 0) is 33.6 Å². The van der Waals surface area contributed by atoms with Gasteiger partial charge in [0, 0.05) is 31.0 Å². The van der Waals surface area contributed by atoms with Crippen LogP contribution in [0.4, 0.5) is 0 Å². The highest BCUT2D eigenvalue weighted by molar-refractivity contribution is 5.79. The lowest BCUT2D eigenvalue weighted by Gasteiger charge is -2.13. The van der Waals surface area contributed by atoms with Crippen LogP contribution in [0.2, 0.25) is 0 Å². The van der Waals surface area contributed by atoms with Gasteiger partial charge in [-0.3, -0.25) is 9.48 Å². The van der Waals surface area contributed by atoms with E-state index in [1.54, 1.807) is 4.68 Å². The number of aromatic nitrogens is 2. The topological polar surface area (TPSA) is 67.2 Å². The molecule has 1 aromatic heterocycles. The number of carbonyl (C=O) groups excluding carboxylic acids is 1. The molecule has 102 valence electrons. The highest BCUT2D eigenvalue weighted by Crippen LogP contribution is 2.12. The van der Waals surface area contributed by atoms with Crippen LogP contribution >= 0.6 is 0 Å². The molecule has 1 unspecified atom stereocenters. The van der Waals surface area contributed by atoms with Gasteiger partial charge in [0.1, 0.15) is 0 Å². The summed E-state index contributed by atoms with van der Waals surface area (Å²) >= 11 is 0. The first-order valence-electron chi connectivity index (χ1n) is 6.35. The minimum Gasteiger partial charge on any atom is -0.396 e. The highest BCUT2D eigenvalue weighted by atomic mass is 16.3. The Balaban J connectivity index is 2.54. The fraction of sp³-hybridized carbons (Fsp3) is 0.692. The lowest BCUT2D eigenvalue weighted by molar-refractivity contribution is -0.121. The average molecular weight is 253 g/mol. The van der Waals surface area contributed by atoms with Gasteiger partial charge in [0.05, 0.1) is 12.1 Å². The molecule has 0 saturated carbocycles. The third-order valence-electron chi connectivity index (χ3n) is 3.20. The maximum Gasteiger partial charge on any atom is 0.224 e. The summed E-state index contributed by atoms with van der Waals surface area (Å²) in [5.41, 5.74) is 2.95. The SMILES string of the molecule is Cc1nn(C)c(C)c1CC(=O)NC(C)CCCO. The van der Waals surface area contributed by atoms with Crippen molar-refractivity contribution >= 4 is 5.91 Å². The fourth-order valence-corrected chi connectivity index (χ4v) is 2.03.